The van der Waals surface area contributed by atoms with Crippen molar-refractivity contribution in [2.75, 3.05) is 20.3 Å². The van der Waals surface area contributed by atoms with E-state index in [-0.39, 0.29) is 24.3 Å². The minimum absolute atomic E-state index is 0.0625. The first-order valence-electron chi connectivity index (χ1n) is 10.5. The summed E-state index contributed by atoms with van der Waals surface area (Å²) < 4.78 is 16.5. The zero-order chi connectivity index (χ0) is 24.2. The summed E-state index contributed by atoms with van der Waals surface area (Å²) >= 11 is 0. The Morgan fingerprint density at radius 2 is 1.94 bits per heavy atom. The molecule has 7 nitrogen and oxygen atoms in total. The molecule has 7 heteroatoms. The number of methoxy groups -OCH3 is 1. The van der Waals surface area contributed by atoms with Crippen LogP contribution in [0.5, 0.6) is 17.2 Å². The lowest BCUT2D eigenvalue weighted by atomic mass is 10.1. The molecule has 0 unspecified atom stereocenters. The van der Waals surface area contributed by atoms with Gasteiger partial charge in [0.15, 0.2) is 11.5 Å². The van der Waals surface area contributed by atoms with Crippen molar-refractivity contribution in [1.82, 2.24) is 5.32 Å². The molecule has 0 aliphatic rings. The third-order valence-corrected chi connectivity index (χ3v) is 4.83. The highest BCUT2D eigenvalue weighted by Crippen LogP contribution is 2.29. The van der Waals surface area contributed by atoms with Crippen LogP contribution in [0.4, 0.5) is 0 Å². The third-order valence-electron chi connectivity index (χ3n) is 4.83. The van der Waals surface area contributed by atoms with Gasteiger partial charge >= 0.3 is 5.97 Å². The molecule has 0 atom stereocenters. The number of amides is 1. The fraction of sp³-hybridized carbons (Fsp3) is 0.269. The Morgan fingerprint density at radius 3 is 2.64 bits per heavy atom. The summed E-state index contributed by atoms with van der Waals surface area (Å²) in [6, 6.07) is 12.5. The maximum absolute atomic E-state index is 12.3. The van der Waals surface area contributed by atoms with Crippen LogP contribution in [0, 0.1) is 25.2 Å². The monoisotopic (exact) mass is 448 g/mol. The summed E-state index contributed by atoms with van der Waals surface area (Å²) in [4.78, 5) is 24.3. The Kier molecular flexibility index (Phi) is 9.72. The van der Waals surface area contributed by atoms with Crippen LogP contribution in [0.1, 0.15) is 29.5 Å². The molecule has 172 valence electrons. The van der Waals surface area contributed by atoms with E-state index < -0.39 is 11.9 Å². The Labute approximate surface area is 194 Å². The highest BCUT2D eigenvalue weighted by atomic mass is 16.6. The number of nitrogens with zero attached hydrogens (tertiary/aromatic N) is 1. The van der Waals surface area contributed by atoms with Crippen molar-refractivity contribution < 1.29 is 23.8 Å². The molecule has 0 aliphatic carbocycles. The van der Waals surface area contributed by atoms with Gasteiger partial charge in [-0.25, -0.2) is 0 Å². The third kappa shape index (κ3) is 7.54. The predicted octanol–water partition coefficient (Wildman–Crippen LogP) is 4.29. The molecule has 2 aromatic rings. The van der Waals surface area contributed by atoms with Gasteiger partial charge in [0, 0.05) is 13.0 Å². The fourth-order valence-corrected chi connectivity index (χ4v) is 2.89. The van der Waals surface area contributed by atoms with Crippen LogP contribution in [0.25, 0.3) is 6.08 Å². The topological polar surface area (TPSA) is 97.7 Å². The van der Waals surface area contributed by atoms with E-state index in [1.807, 2.05) is 38.1 Å². The summed E-state index contributed by atoms with van der Waals surface area (Å²) in [5.74, 6) is 0.457. The molecule has 0 saturated carbocycles. The lowest BCUT2D eigenvalue weighted by molar-refractivity contribution is -0.134. The van der Waals surface area contributed by atoms with Gasteiger partial charge < -0.3 is 19.5 Å². The van der Waals surface area contributed by atoms with Crippen molar-refractivity contribution in [2.24, 2.45) is 0 Å². The zero-order valence-electron chi connectivity index (χ0n) is 19.1. The van der Waals surface area contributed by atoms with E-state index in [9.17, 15) is 14.9 Å². The quantitative estimate of drug-likeness (QED) is 0.138. The molecule has 0 bridgehead atoms. The van der Waals surface area contributed by atoms with E-state index in [0.717, 1.165) is 16.9 Å². The molecular formula is C26H28N2O5. The van der Waals surface area contributed by atoms with Gasteiger partial charge in [-0.3, -0.25) is 9.59 Å². The van der Waals surface area contributed by atoms with Crippen molar-refractivity contribution in [3.05, 3.63) is 71.3 Å². The average Bonchev–Trinajstić information content (AvgIpc) is 2.81. The van der Waals surface area contributed by atoms with Crippen molar-refractivity contribution in [3.63, 3.8) is 0 Å². The molecule has 0 heterocycles. The number of hydrogen-bond donors (Lipinski definition) is 1. The Balaban J connectivity index is 1.96. The van der Waals surface area contributed by atoms with Gasteiger partial charge in [-0.2, -0.15) is 5.26 Å². The number of benzene rings is 2. The molecule has 0 aromatic heterocycles. The second kappa shape index (κ2) is 12.7. The number of hydrogen-bond acceptors (Lipinski definition) is 6. The number of nitrogens with one attached hydrogen (secondary N) is 1. The fourth-order valence-electron chi connectivity index (χ4n) is 2.89. The van der Waals surface area contributed by atoms with Gasteiger partial charge in [0.25, 0.3) is 5.91 Å². The van der Waals surface area contributed by atoms with E-state index in [1.165, 1.54) is 19.3 Å². The van der Waals surface area contributed by atoms with E-state index in [1.54, 1.807) is 18.2 Å². The van der Waals surface area contributed by atoms with Crippen LogP contribution in [-0.4, -0.2) is 32.1 Å². The number of ether oxygens (including phenoxy) is 3. The van der Waals surface area contributed by atoms with Gasteiger partial charge in [-0.1, -0.05) is 24.3 Å². The van der Waals surface area contributed by atoms with Crippen molar-refractivity contribution in [2.45, 2.75) is 26.7 Å². The standard InChI is InChI=1S/C26H28N2O5/c1-5-13-28-26(30)21(17-27)15-20-11-12-23(24(16-20)31-4)33-25(29)10-7-14-32-22-9-6-8-18(2)19(22)3/h5-6,8-9,11-12,15-16H,1,7,10,13-14H2,2-4H3,(H,28,30)/b21-15-. The predicted molar refractivity (Wildman–Crippen MR) is 126 cm³/mol. The van der Waals surface area contributed by atoms with E-state index in [0.29, 0.717) is 24.3 Å². The second-order valence-electron chi connectivity index (χ2n) is 7.20. The SMILES string of the molecule is C=CCNC(=O)/C(C#N)=C\c1ccc(OC(=O)CCCOc2cccc(C)c2C)c(OC)c1. The zero-order valence-corrected chi connectivity index (χ0v) is 19.1. The minimum Gasteiger partial charge on any atom is -0.493 e. The molecule has 0 radical (unpaired) electrons. The molecule has 2 aromatic carbocycles. The second-order valence-corrected chi connectivity index (χ2v) is 7.20. The van der Waals surface area contributed by atoms with E-state index in [4.69, 9.17) is 14.2 Å². The molecule has 2 rings (SSSR count). The van der Waals surface area contributed by atoms with Crippen molar-refractivity contribution >= 4 is 18.0 Å². The molecular weight excluding hydrogens is 420 g/mol. The first-order valence-corrected chi connectivity index (χ1v) is 10.5. The maximum Gasteiger partial charge on any atom is 0.311 e. The van der Waals surface area contributed by atoms with Crippen LogP contribution in [-0.2, 0) is 9.59 Å². The Hall–Kier alpha value is -4.05. The molecule has 0 aliphatic heterocycles. The molecule has 0 fully saturated rings. The van der Waals surface area contributed by atoms with Gasteiger partial charge in [0.1, 0.15) is 17.4 Å². The van der Waals surface area contributed by atoms with Gasteiger partial charge in [0.2, 0.25) is 0 Å². The summed E-state index contributed by atoms with van der Waals surface area (Å²) in [5.41, 5.74) is 2.72. The Morgan fingerprint density at radius 1 is 1.15 bits per heavy atom. The molecule has 0 saturated heterocycles. The van der Waals surface area contributed by atoms with Crippen LogP contribution in [0.15, 0.2) is 54.6 Å². The van der Waals surface area contributed by atoms with E-state index in [2.05, 4.69) is 11.9 Å². The summed E-state index contributed by atoms with van der Waals surface area (Å²) in [6.07, 6.45) is 3.63. The molecule has 1 amide bonds. The summed E-state index contributed by atoms with van der Waals surface area (Å²) in [6.45, 7) is 8.19. The molecule has 33 heavy (non-hydrogen) atoms. The average molecular weight is 449 g/mol. The number of nitriles is 1. The molecule has 0 spiro atoms. The van der Waals surface area contributed by atoms with Crippen molar-refractivity contribution in [3.8, 4) is 23.3 Å². The number of aryl methyl sites for hydroxylation is 1. The first-order chi connectivity index (χ1) is 15.9. The number of rotatable bonds is 11. The lowest BCUT2D eigenvalue weighted by Crippen LogP contribution is -2.24. The normalized spacial score (nSPS) is 10.7. The summed E-state index contributed by atoms with van der Waals surface area (Å²) in [5, 5.41) is 11.8. The minimum atomic E-state index is -0.505. The number of carbonyl (C=O) groups excluding carboxylic acids is 2. The maximum atomic E-state index is 12.3. The van der Waals surface area contributed by atoms with Crippen molar-refractivity contribution in [1.29, 1.82) is 5.26 Å². The largest absolute Gasteiger partial charge is 0.493 e. The van der Waals surface area contributed by atoms with Gasteiger partial charge in [-0.15, -0.1) is 6.58 Å². The number of carbonyl (C=O) groups is 2. The molecule has 1 N–H and O–H groups in total. The first kappa shape index (κ1) is 25.2. The summed E-state index contributed by atoms with van der Waals surface area (Å²) in [7, 11) is 1.44. The van der Waals surface area contributed by atoms with E-state index >= 15 is 0 Å². The van der Waals surface area contributed by atoms with Gasteiger partial charge in [0.05, 0.1) is 13.7 Å². The number of esters is 1. The van der Waals surface area contributed by atoms with Crippen LogP contribution in [0.2, 0.25) is 0 Å². The highest BCUT2D eigenvalue weighted by Gasteiger charge is 2.13. The van der Waals surface area contributed by atoms with Crippen LogP contribution in [0.3, 0.4) is 0 Å². The smallest absolute Gasteiger partial charge is 0.311 e. The Bertz CT molecular complexity index is 1080. The van der Waals surface area contributed by atoms with Crippen LogP contribution < -0.4 is 19.5 Å². The van der Waals surface area contributed by atoms with Gasteiger partial charge in [-0.05, 0) is 61.2 Å². The lowest BCUT2D eigenvalue weighted by Gasteiger charge is -2.12. The van der Waals surface area contributed by atoms with Crippen LogP contribution >= 0.6 is 0 Å². The highest BCUT2D eigenvalue weighted by molar-refractivity contribution is 6.01.